The van der Waals surface area contributed by atoms with Gasteiger partial charge >= 0.3 is 5.97 Å². The molecule has 0 spiro atoms. The van der Waals surface area contributed by atoms with E-state index in [1.165, 1.54) is 21.9 Å². The molecule has 0 aliphatic rings. The van der Waals surface area contributed by atoms with Crippen molar-refractivity contribution >= 4 is 38.5 Å². The molecule has 4 nitrogen and oxygen atoms in total. The number of aromatic nitrogens is 2. The molecule has 24 heavy (non-hydrogen) atoms. The van der Waals surface area contributed by atoms with E-state index < -0.39 is 5.97 Å². The Morgan fingerprint density at radius 2 is 1.83 bits per heavy atom. The van der Waals surface area contributed by atoms with Gasteiger partial charge in [-0.05, 0) is 36.4 Å². The van der Waals surface area contributed by atoms with Gasteiger partial charge in [0, 0.05) is 27.7 Å². The minimum atomic E-state index is -0.836. The molecule has 122 valence electrons. The number of aromatic amines is 1. The highest BCUT2D eigenvalue weighted by Gasteiger charge is 2.17. The monoisotopic (exact) mass is 384 g/mol. The Balaban J connectivity index is 0.00000169. The number of hydrogen-bond donors (Lipinski definition) is 2. The molecular formula is C19H17BrN2O2. The van der Waals surface area contributed by atoms with Gasteiger partial charge in [0.2, 0.25) is 6.54 Å². The molecule has 2 heterocycles. The van der Waals surface area contributed by atoms with E-state index in [2.05, 4.69) is 31.0 Å². The first-order valence-electron chi connectivity index (χ1n) is 7.60. The number of pyridine rings is 1. The van der Waals surface area contributed by atoms with Crippen LogP contribution in [0.1, 0.15) is 11.1 Å². The first-order valence-corrected chi connectivity index (χ1v) is 7.60. The minimum Gasteiger partial charge on any atom is -1.00 e. The maximum Gasteiger partial charge on any atom is 0.370 e. The number of rotatable bonds is 2. The van der Waals surface area contributed by atoms with Gasteiger partial charge in [-0.3, -0.25) is 0 Å². The molecule has 0 amide bonds. The molecule has 5 heteroatoms. The minimum absolute atomic E-state index is 0. The van der Waals surface area contributed by atoms with Crippen molar-refractivity contribution < 1.29 is 31.4 Å². The van der Waals surface area contributed by atoms with Crippen molar-refractivity contribution in [3.8, 4) is 0 Å². The molecule has 0 saturated heterocycles. The number of carboxylic acid groups (broad SMARTS) is 1. The van der Waals surface area contributed by atoms with Crippen molar-refractivity contribution in [1.29, 1.82) is 0 Å². The molecule has 0 unspecified atom stereocenters. The Bertz CT molecular complexity index is 1100. The second kappa shape index (κ2) is 5.91. The highest BCUT2D eigenvalue weighted by atomic mass is 79.9. The van der Waals surface area contributed by atoms with Crippen molar-refractivity contribution in [2.75, 3.05) is 0 Å². The van der Waals surface area contributed by atoms with Gasteiger partial charge in [-0.25, -0.2) is 4.79 Å². The Morgan fingerprint density at radius 3 is 2.58 bits per heavy atom. The van der Waals surface area contributed by atoms with Gasteiger partial charge in [-0.15, -0.1) is 0 Å². The van der Waals surface area contributed by atoms with Gasteiger partial charge < -0.3 is 27.1 Å². The lowest BCUT2D eigenvalue weighted by molar-refractivity contribution is -0.684. The number of aryl methyl sites for hydroxylation is 2. The number of H-pyrrole nitrogens is 1. The molecule has 2 aromatic carbocycles. The predicted molar refractivity (Wildman–Crippen MR) is 90.6 cm³/mol. The number of benzene rings is 2. The van der Waals surface area contributed by atoms with Crippen LogP contribution in [-0.4, -0.2) is 16.1 Å². The van der Waals surface area contributed by atoms with E-state index in [4.69, 9.17) is 5.11 Å². The summed E-state index contributed by atoms with van der Waals surface area (Å²) in [6.45, 7) is 4.19. The fourth-order valence-electron chi connectivity index (χ4n) is 3.50. The summed E-state index contributed by atoms with van der Waals surface area (Å²) in [5, 5.41) is 13.7. The van der Waals surface area contributed by atoms with E-state index in [1.54, 1.807) is 4.57 Å². The Morgan fingerprint density at radius 1 is 1.08 bits per heavy atom. The van der Waals surface area contributed by atoms with Crippen LogP contribution in [-0.2, 0) is 11.3 Å². The van der Waals surface area contributed by atoms with Gasteiger partial charge in [0.15, 0.2) is 12.4 Å². The average molecular weight is 385 g/mol. The van der Waals surface area contributed by atoms with Crippen molar-refractivity contribution in [3.63, 3.8) is 0 Å². The number of aliphatic carboxylic acids is 1. The van der Waals surface area contributed by atoms with E-state index in [9.17, 15) is 4.79 Å². The lowest BCUT2D eigenvalue weighted by atomic mass is 9.97. The summed E-state index contributed by atoms with van der Waals surface area (Å²) in [4.78, 5) is 14.5. The van der Waals surface area contributed by atoms with Crippen LogP contribution in [0.2, 0.25) is 0 Å². The van der Waals surface area contributed by atoms with E-state index in [1.807, 2.05) is 30.6 Å². The molecule has 2 N–H and O–H groups in total. The van der Waals surface area contributed by atoms with Gasteiger partial charge in [-0.1, -0.05) is 18.2 Å². The first-order chi connectivity index (χ1) is 11.1. The van der Waals surface area contributed by atoms with E-state index >= 15 is 0 Å². The van der Waals surface area contributed by atoms with E-state index in [-0.39, 0.29) is 23.5 Å². The summed E-state index contributed by atoms with van der Waals surface area (Å²) < 4.78 is 1.72. The molecular weight excluding hydrogens is 368 g/mol. The van der Waals surface area contributed by atoms with Crippen LogP contribution in [0.25, 0.3) is 32.6 Å². The molecule has 4 rings (SSSR count). The average Bonchev–Trinajstić information content (AvgIpc) is 2.92. The molecule has 0 fully saturated rings. The van der Waals surface area contributed by atoms with Crippen molar-refractivity contribution in [1.82, 2.24) is 4.98 Å². The van der Waals surface area contributed by atoms with Crippen LogP contribution in [0.3, 0.4) is 0 Å². The number of carbonyl (C=O) groups is 1. The van der Waals surface area contributed by atoms with Crippen LogP contribution >= 0.6 is 0 Å². The summed E-state index contributed by atoms with van der Waals surface area (Å²) in [5.41, 5.74) is 4.66. The van der Waals surface area contributed by atoms with Crippen molar-refractivity contribution in [2.24, 2.45) is 0 Å². The summed E-state index contributed by atoms with van der Waals surface area (Å²) >= 11 is 0. The number of nitrogens with one attached hydrogen (secondary N) is 1. The van der Waals surface area contributed by atoms with Crippen LogP contribution in [0, 0.1) is 13.8 Å². The molecule has 2 aromatic heterocycles. The number of hydrogen-bond acceptors (Lipinski definition) is 1. The van der Waals surface area contributed by atoms with E-state index in [0.29, 0.717) is 0 Å². The third kappa shape index (κ3) is 2.36. The van der Waals surface area contributed by atoms with Gasteiger partial charge in [0.25, 0.3) is 0 Å². The fourth-order valence-corrected chi connectivity index (χ4v) is 3.50. The molecule has 0 saturated carbocycles. The number of para-hydroxylation sites is 1. The van der Waals surface area contributed by atoms with Crippen LogP contribution in [0.4, 0.5) is 0 Å². The largest absolute Gasteiger partial charge is 1.00 e. The smallest absolute Gasteiger partial charge is 0.370 e. The normalized spacial score (nSPS) is 11.1. The van der Waals surface area contributed by atoms with Crippen molar-refractivity contribution in [2.45, 2.75) is 20.4 Å². The highest BCUT2D eigenvalue weighted by Crippen LogP contribution is 2.35. The molecule has 0 radical (unpaired) electrons. The quantitative estimate of drug-likeness (QED) is 0.493. The Labute approximate surface area is 149 Å². The molecule has 0 atom stereocenters. The van der Waals surface area contributed by atoms with Gasteiger partial charge in [0.1, 0.15) is 0 Å². The summed E-state index contributed by atoms with van der Waals surface area (Å²) in [6.07, 6.45) is 3.77. The summed E-state index contributed by atoms with van der Waals surface area (Å²) in [5.74, 6) is -0.836. The number of nitrogens with zero attached hydrogens (tertiary/aromatic N) is 1. The van der Waals surface area contributed by atoms with Crippen LogP contribution in [0.15, 0.2) is 42.7 Å². The lowest BCUT2D eigenvalue weighted by Crippen LogP contribution is -3.00. The fraction of sp³-hybridized carbons (Fsp3) is 0.158. The van der Waals surface area contributed by atoms with Gasteiger partial charge in [0.05, 0.1) is 5.52 Å². The van der Waals surface area contributed by atoms with E-state index in [0.717, 1.165) is 21.8 Å². The predicted octanol–water partition coefficient (Wildman–Crippen LogP) is 0.467. The molecule has 0 aliphatic carbocycles. The number of halogens is 1. The zero-order valence-corrected chi connectivity index (χ0v) is 15.0. The summed E-state index contributed by atoms with van der Waals surface area (Å²) in [7, 11) is 0. The Hall–Kier alpha value is -2.40. The van der Waals surface area contributed by atoms with Crippen LogP contribution in [0.5, 0.6) is 0 Å². The second-order valence-corrected chi connectivity index (χ2v) is 6.01. The van der Waals surface area contributed by atoms with Crippen molar-refractivity contribution in [3.05, 3.63) is 53.9 Å². The maximum atomic E-state index is 11.0. The second-order valence-electron chi connectivity index (χ2n) is 6.01. The third-order valence-electron chi connectivity index (χ3n) is 4.60. The molecule has 4 aromatic rings. The standard InChI is InChI=1S/C19H16N2O2.BrH/c1-11-15-9-21(10-17(22)23)8-7-13(15)12(2)19-18(11)14-5-3-4-6-16(14)20-19;/h3-9H,10H2,1-2H3,(H,22,23);1H. The highest BCUT2D eigenvalue weighted by molar-refractivity contribution is 6.16. The maximum absolute atomic E-state index is 11.0. The third-order valence-corrected chi connectivity index (χ3v) is 4.60. The number of fused-ring (bicyclic) bond motifs is 4. The molecule has 0 bridgehead atoms. The zero-order chi connectivity index (χ0) is 16.1. The zero-order valence-electron chi connectivity index (χ0n) is 13.4. The number of carboxylic acids is 1. The summed E-state index contributed by atoms with van der Waals surface area (Å²) in [6, 6.07) is 10.3. The molecule has 0 aliphatic heterocycles. The van der Waals surface area contributed by atoms with Gasteiger partial charge in [-0.2, -0.15) is 4.57 Å². The Kier molecular flexibility index (Phi) is 4.05. The lowest BCUT2D eigenvalue weighted by Gasteiger charge is -2.08. The first kappa shape index (κ1) is 16.5. The van der Waals surface area contributed by atoms with Crippen LogP contribution < -0.4 is 21.5 Å². The topological polar surface area (TPSA) is 57.0 Å². The SMILES string of the molecule is Cc1c2cc[n+](CC(=O)O)cc2c(C)c2c1[nH]c1ccccc12.[Br-].